The van der Waals surface area contributed by atoms with Gasteiger partial charge in [0.1, 0.15) is 0 Å². The lowest BCUT2D eigenvalue weighted by Crippen LogP contribution is -2.17. The molecular weight excluding hydrogens is 152 g/mol. The van der Waals surface area contributed by atoms with Crippen LogP contribution in [0.15, 0.2) is 0 Å². The summed E-state index contributed by atoms with van der Waals surface area (Å²) in [6.45, 7) is 0.904. The molecule has 1 aliphatic carbocycles. The lowest BCUT2D eigenvalue weighted by molar-refractivity contribution is 0.0485. The Hall–Kier alpha value is -0.0800. The third-order valence-corrected chi connectivity index (χ3v) is 2.86. The molecule has 1 saturated heterocycles. The van der Waals surface area contributed by atoms with E-state index in [2.05, 4.69) is 0 Å². The van der Waals surface area contributed by atoms with E-state index in [0.29, 0.717) is 6.10 Å². The number of aliphatic hydroxyl groups is 1. The minimum Gasteiger partial charge on any atom is -0.393 e. The largest absolute Gasteiger partial charge is 0.393 e. The summed E-state index contributed by atoms with van der Waals surface area (Å²) in [6, 6.07) is 0. The number of ether oxygens (including phenoxy) is 1. The van der Waals surface area contributed by atoms with Gasteiger partial charge in [0, 0.05) is 6.61 Å². The molecule has 70 valence electrons. The van der Waals surface area contributed by atoms with E-state index in [4.69, 9.17) is 4.74 Å². The first-order valence-electron chi connectivity index (χ1n) is 5.14. The van der Waals surface area contributed by atoms with Crippen molar-refractivity contribution in [1.29, 1.82) is 0 Å². The van der Waals surface area contributed by atoms with E-state index in [-0.39, 0.29) is 6.10 Å². The Labute approximate surface area is 73.9 Å². The Morgan fingerprint density at radius 3 is 2.67 bits per heavy atom. The van der Waals surface area contributed by atoms with Gasteiger partial charge in [-0.25, -0.2) is 0 Å². The van der Waals surface area contributed by atoms with E-state index in [1.807, 2.05) is 0 Å². The molecule has 0 radical (unpaired) electrons. The van der Waals surface area contributed by atoms with Crippen molar-refractivity contribution in [2.75, 3.05) is 6.61 Å². The molecule has 0 aromatic carbocycles. The normalized spacial score (nSPS) is 32.2. The molecule has 1 N–H and O–H groups in total. The van der Waals surface area contributed by atoms with Crippen LogP contribution in [-0.2, 0) is 4.74 Å². The molecule has 0 bridgehead atoms. The summed E-state index contributed by atoms with van der Waals surface area (Å²) in [7, 11) is 0. The van der Waals surface area contributed by atoms with E-state index < -0.39 is 0 Å². The monoisotopic (exact) mass is 170 g/mol. The smallest absolute Gasteiger partial charge is 0.0600 e. The molecule has 0 aromatic rings. The number of aliphatic hydroxyl groups excluding tert-OH is 1. The van der Waals surface area contributed by atoms with Gasteiger partial charge in [-0.3, -0.25) is 0 Å². The highest BCUT2D eigenvalue weighted by molar-refractivity contribution is 4.78. The predicted octanol–water partition coefficient (Wildman–Crippen LogP) is 1.72. The molecule has 1 aliphatic heterocycles. The molecule has 0 spiro atoms. The second-order valence-electron chi connectivity index (χ2n) is 4.20. The first-order chi connectivity index (χ1) is 5.84. The summed E-state index contributed by atoms with van der Waals surface area (Å²) in [5, 5.41) is 9.64. The van der Waals surface area contributed by atoms with E-state index in [1.54, 1.807) is 0 Å². The van der Waals surface area contributed by atoms with Crippen molar-refractivity contribution in [3.63, 3.8) is 0 Å². The highest BCUT2D eigenvalue weighted by Gasteiger charge is 2.27. The Morgan fingerprint density at radius 2 is 2.08 bits per heavy atom. The summed E-state index contributed by atoms with van der Waals surface area (Å²) < 4.78 is 5.47. The van der Waals surface area contributed by atoms with Crippen LogP contribution >= 0.6 is 0 Å². The van der Waals surface area contributed by atoms with Crippen LogP contribution in [0.4, 0.5) is 0 Å². The Kier molecular flexibility index (Phi) is 2.66. The van der Waals surface area contributed by atoms with Crippen LogP contribution in [0.2, 0.25) is 0 Å². The lowest BCUT2D eigenvalue weighted by Gasteiger charge is -2.14. The topological polar surface area (TPSA) is 29.5 Å². The van der Waals surface area contributed by atoms with Crippen LogP contribution in [0.3, 0.4) is 0 Å². The maximum atomic E-state index is 9.64. The van der Waals surface area contributed by atoms with Crippen molar-refractivity contribution in [2.45, 2.75) is 50.7 Å². The van der Waals surface area contributed by atoms with Crippen LogP contribution in [-0.4, -0.2) is 23.9 Å². The average Bonchev–Trinajstić information content (AvgIpc) is 2.66. The van der Waals surface area contributed by atoms with E-state index in [9.17, 15) is 5.11 Å². The second-order valence-corrected chi connectivity index (χ2v) is 4.20. The summed E-state index contributed by atoms with van der Waals surface area (Å²) in [5.74, 6) is 0.835. The molecule has 0 amide bonds. The molecule has 2 nitrogen and oxygen atoms in total. The van der Waals surface area contributed by atoms with Crippen molar-refractivity contribution in [3.05, 3.63) is 0 Å². The number of hydrogen-bond donors (Lipinski definition) is 1. The van der Waals surface area contributed by atoms with Crippen molar-refractivity contribution in [3.8, 4) is 0 Å². The van der Waals surface area contributed by atoms with E-state index in [0.717, 1.165) is 31.8 Å². The van der Waals surface area contributed by atoms with Crippen molar-refractivity contribution in [2.24, 2.45) is 5.92 Å². The quantitative estimate of drug-likeness (QED) is 0.696. The maximum absolute atomic E-state index is 9.64. The van der Waals surface area contributed by atoms with Gasteiger partial charge in [0.2, 0.25) is 0 Å². The van der Waals surface area contributed by atoms with Crippen molar-refractivity contribution >= 4 is 0 Å². The number of hydrogen-bond acceptors (Lipinski definition) is 2. The minimum absolute atomic E-state index is 0.0967. The molecule has 2 atom stereocenters. The van der Waals surface area contributed by atoms with Gasteiger partial charge in [0.25, 0.3) is 0 Å². The van der Waals surface area contributed by atoms with Crippen molar-refractivity contribution < 1.29 is 9.84 Å². The molecule has 1 saturated carbocycles. The Bertz CT molecular complexity index is 137. The van der Waals surface area contributed by atoms with E-state index >= 15 is 0 Å². The van der Waals surface area contributed by atoms with Gasteiger partial charge in [-0.15, -0.1) is 0 Å². The Morgan fingerprint density at radius 1 is 1.25 bits per heavy atom. The van der Waals surface area contributed by atoms with E-state index in [1.165, 1.54) is 19.3 Å². The summed E-state index contributed by atoms with van der Waals surface area (Å²) in [4.78, 5) is 0. The molecule has 12 heavy (non-hydrogen) atoms. The summed E-state index contributed by atoms with van der Waals surface area (Å²) in [5.41, 5.74) is 0. The molecule has 2 heteroatoms. The molecule has 2 rings (SSSR count). The Balaban J connectivity index is 1.62. The third kappa shape index (κ3) is 2.46. The second kappa shape index (κ2) is 3.75. The summed E-state index contributed by atoms with van der Waals surface area (Å²) in [6.07, 6.45) is 7.16. The highest BCUT2D eigenvalue weighted by Crippen LogP contribution is 2.34. The standard InChI is InChI=1S/C10H18O2/c11-9(6-8-3-4-8)7-10-2-1-5-12-10/h8-11H,1-7H2. The third-order valence-electron chi connectivity index (χ3n) is 2.86. The SMILES string of the molecule is OC(CC1CC1)CC1CCCO1. The van der Waals surface area contributed by atoms with Gasteiger partial charge >= 0.3 is 0 Å². The fraction of sp³-hybridized carbons (Fsp3) is 1.00. The maximum Gasteiger partial charge on any atom is 0.0600 e. The van der Waals surface area contributed by atoms with Crippen LogP contribution in [0.1, 0.15) is 38.5 Å². The molecular formula is C10H18O2. The first-order valence-corrected chi connectivity index (χ1v) is 5.14. The van der Waals surface area contributed by atoms with Gasteiger partial charge in [-0.2, -0.15) is 0 Å². The summed E-state index contributed by atoms with van der Waals surface area (Å²) >= 11 is 0. The molecule has 2 aliphatic rings. The van der Waals surface area contributed by atoms with Gasteiger partial charge in [0.05, 0.1) is 12.2 Å². The minimum atomic E-state index is -0.0967. The average molecular weight is 170 g/mol. The number of rotatable bonds is 4. The first kappa shape index (κ1) is 8.52. The molecule has 2 fully saturated rings. The van der Waals surface area contributed by atoms with Crippen molar-refractivity contribution in [1.82, 2.24) is 0 Å². The fourth-order valence-corrected chi connectivity index (χ4v) is 1.97. The van der Waals surface area contributed by atoms with Crippen LogP contribution in [0.25, 0.3) is 0 Å². The van der Waals surface area contributed by atoms with Gasteiger partial charge in [-0.1, -0.05) is 12.8 Å². The fourth-order valence-electron chi connectivity index (χ4n) is 1.97. The van der Waals surface area contributed by atoms with Gasteiger partial charge in [0.15, 0.2) is 0 Å². The zero-order valence-corrected chi connectivity index (χ0v) is 7.54. The predicted molar refractivity (Wildman–Crippen MR) is 46.9 cm³/mol. The van der Waals surface area contributed by atoms with Gasteiger partial charge < -0.3 is 9.84 Å². The lowest BCUT2D eigenvalue weighted by atomic mass is 10.0. The molecule has 2 unspecified atom stereocenters. The molecule has 0 aromatic heterocycles. The zero-order chi connectivity index (χ0) is 8.39. The highest BCUT2D eigenvalue weighted by atomic mass is 16.5. The zero-order valence-electron chi connectivity index (χ0n) is 7.54. The van der Waals surface area contributed by atoms with Crippen LogP contribution in [0, 0.1) is 5.92 Å². The van der Waals surface area contributed by atoms with Crippen LogP contribution in [0.5, 0.6) is 0 Å². The van der Waals surface area contributed by atoms with Crippen LogP contribution < -0.4 is 0 Å². The van der Waals surface area contributed by atoms with Gasteiger partial charge in [-0.05, 0) is 31.6 Å². The molecule has 1 heterocycles.